The summed E-state index contributed by atoms with van der Waals surface area (Å²) in [7, 11) is 0. The molecule has 0 heterocycles. The van der Waals surface area contributed by atoms with Gasteiger partial charge in [0.25, 0.3) is 5.69 Å². The summed E-state index contributed by atoms with van der Waals surface area (Å²) < 4.78 is 5.91. The van der Waals surface area contributed by atoms with E-state index in [0.717, 1.165) is 11.1 Å². The summed E-state index contributed by atoms with van der Waals surface area (Å²) in [5.41, 5.74) is 2.53. The first kappa shape index (κ1) is 19.2. The van der Waals surface area contributed by atoms with Crippen LogP contribution in [0.4, 0.5) is 5.69 Å². The summed E-state index contributed by atoms with van der Waals surface area (Å²) in [5, 5.41) is 21.0. The number of ether oxygens (including phenoxy) is 1. The van der Waals surface area contributed by atoms with Gasteiger partial charge in [0, 0.05) is 28.3 Å². The number of para-hydroxylation sites is 1. The van der Waals surface area contributed by atoms with Crippen molar-refractivity contribution in [3.05, 3.63) is 105 Å². The van der Waals surface area contributed by atoms with Gasteiger partial charge in [0.15, 0.2) is 0 Å². The van der Waals surface area contributed by atoms with Crippen LogP contribution in [-0.4, -0.2) is 4.92 Å². The lowest BCUT2D eigenvalue weighted by atomic mass is 10.0. The standard InChI is InChI=1S/C22H15ClN2O3/c23-21-7-3-1-6-18(21)15-28-22-8-4-2-5-17(22)13-19(14-24)16-9-11-20(12-10-16)25(26)27/h1-13H,15H2/b19-13-. The molecule has 0 aromatic heterocycles. The molecular weight excluding hydrogens is 376 g/mol. The van der Waals surface area contributed by atoms with Crippen molar-refractivity contribution in [1.82, 2.24) is 0 Å². The number of nitriles is 1. The molecule has 5 nitrogen and oxygen atoms in total. The number of nitro benzene ring substituents is 1. The van der Waals surface area contributed by atoms with E-state index in [2.05, 4.69) is 6.07 Å². The molecule has 0 radical (unpaired) electrons. The van der Waals surface area contributed by atoms with E-state index in [0.29, 0.717) is 28.5 Å². The van der Waals surface area contributed by atoms with Crippen LogP contribution >= 0.6 is 11.6 Å². The largest absolute Gasteiger partial charge is 0.488 e. The number of nitrogens with zero attached hydrogens (tertiary/aromatic N) is 2. The van der Waals surface area contributed by atoms with E-state index in [1.807, 2.05) is 42.5 Å². The lowest BCUT2D eigenvalue weighted by molar-refractivity contribution is -0.384. The van der Waals surface area contributed by atoms with E-state index in [-0.39, 0.29) is 5.69 Å². The topological polar surface area (TPSA) is 76.2 Å². The lowest BCUT2D eigenvalue weighted by Crippen LogP contribution is -1.97. The van der Waals surface area contributed by atoms with Gasteiger partial charge in [-0.3, -0.25) is 10.1 Å². The van der Waals surface area contributed by atoms with Gasteiger partial charge < -0.3 is 4.74 Å². The van der Waals surface area contributed by atoms with Crippen molar-refractivity contribution in [3.8, 4) is 11.8 Å². The third-order valence-electron chi connectivity index (χ3n) is 4.07. The van der Waals surface area contributed by atoms with Gasteiger partial charge >= 0.3 is 0 Å². The Bertz CT molecular complexity index is 1070. The second-order valence-corrected chi connectivity index (χ2v) is 6.30. The molecule has 3 rings (SSSR count). The smallest absolute Gasteiger partial charge is 0.269 e. The van der Waals surface area contributed by atoms with Gasteiger partial charge in [-0.2, -0.15) is 5.26 Å². The monoisotopic (exact) mass is 390 g/mol. The Morgan fingerprint density at radius 1 is 1.07 bits per heavy atom. The molecule has 3 aromatic carbocycles. The number of nitro groups is 1. The summed E-state index contributed by atoms with van der Waals surface area (Å²) in [4.78, 5) is 10.3. The molecule has 3 aromatic rings. The minimum absolute atomic E-state index is 0.0236. The number of hydrogen-bond donors (Lipinski definition) is 0. The number of rotatable bonds is 6. The molecule has 0 amide bonds. The van der Waals surface area contributed by atoms with Crippen molar-refractivity contribution in [2.45, 2.75) is 6.61 Å². The van der Waals surface area contributed by atoms with Crippen LogP contribution in [0.3, 0.4) is 0 Å². The highest BCUT2D eigenvalue weighted by molar-refractivity contribution is 6.31. The molecule has 0 unspecified atom stereocenters. The zero-order valence-corrected chi connectivity index (χ0v) is 15.5. The fraction of sp³-hybridized carbons (Fsp3) is 0.0455. The normalized spacial score (nSPS) is 10.9. The van der Waals surface area contributed by atoms with E-state index < -0.39 is 4.92 Å². The average Bonchev–Trinajstić information content (AvgIpc) is 2.72. The molecule has 0 aliphatic rings. The molecule has 138 valence electrons. The van der Waals surface area contributed by atoms with E-state index in [4.69, 9.17) is 16.3 Å². The molecular formula is C22H15ClN2O3. The van der Waals surface area contributed by atoms with Crippen LogP contribution in [-0.2, 0) is 6.61 Å². The van der Waals surface area contributed by atoms with Crippen molar-refractivity contribution >= 4 is 28.9 Å². The zero-order valence-electron chi connectivity index (χ0n) is 14.7. The van der Waals surface area contributed by atoms with Crippen LogP contribution < -0.4 is 4.74 Å². The van der Waals surface area contributed by atoms with Crippen LogP contribution in [0.15, 0.2) is 72.8 Å². The molecule has 0 bridgehead atoms. The number of hydrogen-bond acceptors (Lipinski definition) is 4. The fourth-order valence-electron chi connectivity index (χ4n) is 2.60. The zero-order chi connectivity index (χ0) is 19.9. The SMILES string of the molecule is N#C/C(=C/c1ccccc1OCc1ccccc1Cl)c1ccc([N+](=O)[O-])cc1. The second kappa shape index (κ2) is 8.85. The van der Waals surface area contributed by atoms with E-state index in [1.54, 1.807) is 24.3 Å². The second-order valence-electron chi connectivity index (χ2n) is 5.89. The van der Waals surface area contributed by atoms with Crippen molar-refractivity contribution in [3.63, 3.8) is 0 Å². The Morgan fingerprint density at radius 3 is 2.43 bits per heavy atom. The maximum Gasteiger partial charge on any atom is 0.269 e. The summed E-state index contributed by atoms with van der Waals surface area (Å²) in [6, 6.07) is 22.8. The van der Waals surface area contributed by atoms with Crippen LogP contribution in [0.2, 0.25) is 5.02 Å². The maximum absolute atomic E-state index is 10.8. The quantitative estimate of drug-likeness (QED) is 0.227. The average molecular weight is 391 g/mol. The van der Waals surface area contributed by atoms with Gasteiger partial charge in [-0.15, -0.1) is 0 Å². The molecule has 0 aliphatic carbocycles. The molecule has 0 aliphatic heterocycles. The Morgan fingerprint density at radius 2 is 1.75 bits per heavy atom. The van der Waals surface area contributed by atoms with Crippen molar-refractivity contribution in [1.29, 1.82) is 5.26 Å². The minimum Gasteiger partial charge on any atom is -0.488 e. The van der Waals surface area contributed by atoms with Crippen LogP contribution in [0.1, 0.15) is 16.7 Å². The van der Waals surface area contributed by atoms with Crippen LogP contribution in [0, 0.1) is 21.4 Å². The van der Waals surface area contributed by atoms with Gasteiger partial charge in [0.1, 0.15) is 12.4 Å². The molecule has 0 N–H and O–H groups in total. The minimum atomic E-state index is -0.475. The number of benzene rings is 3. The molecule has 6 heteroatoms. The van der Waals surface area contributed by atoms with Crippen molar-refractivity contribution in [2.75, 3.05) is 0 Å². The molecule has 0 spiro atoms. The van der Waals surface area contributed by atoms with Crippen LogP contribution in [0.25, 0.3) is 11.6 Å². The number of allylic oxidation sites excluding steroid dienone is 1. The first-order valence-corrected chi connectivity index (χ1v) is 8.78. The maximum atomic E-state index is 10.8. The predicted octanol–water partition coefficient (Wildman–Crippen LogP) is 5.89. The van der Waals surface area contributed by atoms with Crippen LogP contribution in [0.5, 0.6) is 5.75 Å². The molecule has 0 atom stereocenters. The van der Waals surface area contributed by atoms with E-state index in [9.17, 15) is 15.4 Å². The Labute approximate surface area is 167 Å². The van der Waals surface area contributed by atoms with Crippen molar-refractivity contribution < 1.29 is 9.66 Å². The summed E-state index contributed by atoms with van der Waals surface area (Å²) in [6.07, 6.45) is 1.70. The van der Waals surface area contributed by atoms with Gasteiger partial charge in [-0.05, 0) is 35.9 Å². The number of halogens is 1. The van der Waals surface area contributed by atoms with Gasteiger partial charge in [-0.25, -0.2) is 0 Å². The summed E-state index contributed by atoms with van der Waals surface area (Å²) >= 11 is 6.17. The highest BCUT2D eigenvalue weighted by atomic mass is 35.5. The fourth-order valence-corrected chi connectivity index (χ4v) is 2.79. The van der Waals surface area contributed by atoms with E-state index >= 15 is 0 Å². The highest BCUT2D eigenvalue weighted by Gasteiger charge is 2.09. The summed E-state index contributed by atoms with van der Waals surface area (Å²) in [6.45, 7) is 0.296. The first-order chi connectivity index (χ1) is 13.6. The van der Waals surface area contributed by atoms with E-state index in [1.165, 1.54) is 12.1 Å². The predicted molar refractivity (Wildman–Crippen MR) is 109 cm³/mol. The number of non-ortho nitro benzene ring substituents is 1. The third-order valence-corrected chi connectivity index (χ3v) is 4.44. The Balaban J connectivity index is 1.87. The highest BCUT2D eigenvalue weighted by Crippen LogP contribution is 2.27. The molecule has 0 saturated carbocycles. The van der Waals surface area contributed by atoms with Crippen molar-refractivity contribution in [2.24, 2.45) is 0 Å². The Kier molecular flexibility index (Phi) is 6.05. The third kappa shape index (κ3) is 4.56. The molecule has 28 heavy (non-hydrogen) atoms. The molecule has 0 saturated heterocycles. The summed E-state index contributed by atoms with van der Waals surface area (Å²) in [5.74, 6) is 0.608. The van der Waals surface area contributed by atoms with Gasteiger partial charge in [-0.1, -0.05) is 48.0 Å². The Hall–Kier alpha value is -3.62. The van der Waals surface area contributed by atoms with Gasteiger partial charge in [0.05, 0.1) is 16.6 Å². The van der Waals surface area contributed by atoms with Gasteiger partial charge in [0.2, 0.25) is 0 Å². The first-order valence-electron chi connectivity index (χ1n) is 8.40. The molecule has 0 fully saturated rings. The lowest BCUT2D eigenvalue weighted by Gasteiger charge is -2.11.